The summed E-state index contributed by atoms with van der Waals surface area (Å²) in [5, 5.41) is 0. The van der Waals surface area contributed by atoms with Crippen molar-refractivity contribution in [1.82, 2.24) is 0 Å². The summed E-state index contributed by atoms with van der Waals surface area (Å²) in [5.74, 6) is 1.09. The van der Waals surface area contributed by atoms with Crippen LogP contribution < -0.4 is 28.3 Å². The van der Waals surface area contributed by atoms with Crippen LogP contribution in [0.25, 0.3) is 0 Å². The number of rotatable bonds is 6. The smallest absolute Gasteiger partial charge is 0.771 e. The topological polar surface area (TPSA) is 148 Å². The van der Waals surface area contributed by atoms with Crippen molar-refractivity contribution in [1.29, 1.82) is 0 Å². The summed E-state index contributed by atoms with van der Waals surface area (Å²) in [6, 6.07) is 25.1. The fourth-order valence-corrected chi connectivity index (χ4v) is 2.74. The maximum Gasteiger partial charge on any atom is 3.00 e. The van der Waals surface area contributed by atoms with Gasteiger partial charge in [-0.25, -0.2) is 0 Å². The fourth-order valence-electron chi connectivity index (χ4n) is 1.75. The molecule has 9 nitrogen and oxygen atoms in total. The van der Waals surface area contributed by atoms with Crippen molar-refractivity contribution in [2.75, 3.05) is 0 Å². The molecule has 0 aromatic heterocycles. The summed E-state index contributed by atoms with van der Waals surface area (Å²) < 4.78 is 43.3. The van der Waals surface area contributed by atoms with Crippen LogP contribution in [0.3, 0.4) is 0 Å². The minimum absolute atomic E-state index is 0. The molecule has 0 radical (unpaired) electrons. The molecule has 0 aliphatic carbocycles. The van der Waals surface area contributed by atoms with Gasteiger partial charge in [-0.1, -0.05) is 54.6 Å². The fraction of sp³-hybridized carbons (Fsp3) is 0. The van der Waals surface area contributed by atoms with Crippen LogP contribution in [-0.2, 0) is 13.7 Å². The molecule has 0 saturated carbocycles. The zero-order valence-corrected chi connectivity index (χ0v) is 20.1. The third-order valence-corrected chi connectivity index (χ3v) is 4.04. The predicted molar refractivity (Wildman–Crippen MR) is 114 cm³/mol. The van der Waals surface area contributed by atoms with E-state index in [1.165, 1.54) is 0 Å². The van der Waals surface area contributed by atoms with E-state index in [1.807, 2.05) is 0 Å². The minimum Gasteiger partial charge on any atom is -0.771 e. The van der Waals surface area contributed by atoms with Crippen LogP contribution in [0.15, 0.2) is 91.0 Å². The van der Waals surface area contributed by atoms with E-state index in [4.69, 9.17) is 0 Å². The number of para-hydroxylation sites is 3. The van der Waals surface area contributed by atoms with Crippen LogP contribution in [0.4, 0.5) is 0 Å². The van der Waals surface area contributed by atoms with Gasteiger partial charge in [0.15, 0.2) is 24.8 Å². The summed E-state index contributed by atoms with van der Waals surface area (Å²) in [6.07, 6.45) is 0. The first-order chi connectivity index (χ1) is 14.4. The zero-order chi connectivity index (χ0) is 22.2. The Kier molecular flexibility index (Phi) is 16.7. The van der Waals surface area contributed by atoms with E-state index in [0.29, 0.717) is 17.2 Å². The molecular formula is C18H18AlO9P3. The van der Waals surface area contributed by atoms with Gasteiger partial charge in [-0.05, 0) is 36.4 Å². The van der Waals surface area contributed by atoms with E-state index < -0.39 is 24.8 Å². The van der Waals surface area contributed by atoms with Crippen molar-refractivity contribution in [3.05, 3.63) is 91.0 Å². The quantitative estimate of drug-likeness (QED) is 0.368. The molecule has 0 saturated heterocycles. The maximum absolute atomic E-state index is 10.0. The van der Waals surface area contributed by atoms with Crippen molar-refractivity contribution >= 4 is 42.1 Å². The van der Waals surface area contributed by atoms with Crippen LogP contribution in [0, 0.1) is 0 Å². The summed E-state index contributed by atoms with van der Waals surface area (Å²) in [7, 11) is -9.26. The molecule has 3 aromatic carbocycles. The van der Waals surface area contributed by atoms with Gasteiger partial charge in [0.2, 0.25) is 0 Å². The Labute approximate surface area is 192 Å². The van der Waals surface area contributed by atoms with Gasteiger partial charge in [0, 0.05) is 0 Å². The third-order valence-electron chi connectivity index (χ3n) is 2.83. The minimum atomic E-state index is -3.09. The Bertz CT molecular complexity index is 794. The predicted octanol–water partition coefficient (Wildman–Crippen LogP) is 2.07. The van der Waals surface area contributed by atoms with Crippen LogP contribution in [0.5, 0.6) is 17.2 Å². The van der Waals surface area contributed by atoms with Crippen molar-refractivity contribution in [3.63, 3.8) is 0 Å². The molecule has 13 heteroatoms. The molecule has 162 valence electrons. The average Bonchev–Trinajstić information content (AvgIpc) is 2.70. The first-order valence-electron chi connectivity index (χ1n) is 8.18. The van der Waals surface area contributed by atoms with Gasteiger partial charge < -0.3 is 28.3 Å². The Balaban J connectivity index is 0.000000429. The first-order valence-corrected chi connectivity index (χ1v) is 11.9. The molecule has 0 aliphatic heterocycles. The molecular weight excluding hydrogens is 480 g/mol. The van der Waals surface area contributed by atoms with Gasteiger partial charge >= 0.3 is 17.4 Å². The van der Waals surface area contributed by atoms with E-state index in [0.717, 1.165) is 0 Å². The van der Waals surface area contributed by atoms with Crippen LogP contribution in [-0.4, -0.2) is 17.4 Å². The first kappa shape index (κ1) is 29.2. The molecule has 0 spiro atoms. The summed E-state index contributed by atoms with van der Waals surface area (Å²) >= 11 is 0. The van der Waals surface area contributed by atoms with Crippen molar-refractivity contribution in [2.45, 2.75) is 0 Å². The van der Waals surface area contributed by atoms with Gasteiger partial charge in [0.1, 0.15) is 17.2 Å². The molecule has 3 aromatic rings. The van der Waals surface area contributed by atoms with E-state index >= 15 is 0 Å². The van der Waals surface area contributed by atoms with Crippen molar-refractivity contribution < 1.29 is 41.9 Å². The van der Waals surface area contributed by atoms with Gasteiger partial charge in [0.25, 0.3) is 0 Å². The van der Waals surface area contributed by atoms with Gasteiger partial charge in [-0.2, -0.15) is 0 Å². The second-order valence-electron chi connectivity index (χ2n) is 5.00. The standard InChI is InChI=1S/3C6H7O3P.Al/c3*7-10(8)9-6-4-2-1-3-5-6;/h3*1-5,10H,(H,7,8);/q;;;+3/p-3. The normalized spacial score (nSPS) is 12.1. The Morgan fingerprint density at radius 2 is 0.645 bits per heavy atom. The molecule has 0 bridgehead atoms. The second kappa shape index (κ2) is 17.8. The van der Waals surface area contributed by atoms with Crippen LogP contribution in [0.1, 0.15) is 0 Å². The van der Waals surface area contributed by atoms with E-state index in [-0.39, 0.29) is 17.4 Å². The van der Waals surface area contributed by atoms with Gasteiger partial charge in [0.05, 0.1) is 0 Å². The van der Waals surface area contributed by atoms with Crippen LogP contribution in [0.2, 0.25) is 0 Å². The molecule has 0 fully saturated rings. The molecule has 0 heterocycles. The monoisotopic (exact) mass is 498 g/mol. The SMILES string of the molecule is O=[PH]([O-])Oc1ccccc1.O=[PH]([O-])Oc1ccccc1.O=[PH]([O-])Oc1ccccc1.[Al+3]. The average molecular weight is 498 g/mol. The number of hydrogen-bond acceptors (Lipinski definition) is 9. The molecule has 3 unspecified atom stereocenters. The molecule has 0 N–H and O–H groups in total. The Hall–Kier alpha value is -1.84. The van der Waals surface area contributed by atoms with Gasteiger partial charge in [-0.15, -0.1) is 0 Å². The Morgan fingerprint density at radius 1 is 0.452 bits per heavy atom. The largest absolute Gasteiger partial charge is 3.00 e. The third kappa shape index (κ3) is 16.5. The second-order valence-corrected chi connectivity index (χ2v) is 7.11. The van der Waals surface area contributed by atoms with E-state index in [9.17, 15) is 28.4 Å². The van der Waals surface area contributed by atoms with Crippen molar-refractivity contribution in [2.24, 2.45) is 0 Å². The summed E-state index contributed by atoms with van der Waals surface area (Å²) in [4.78, 5) is 30.1. The van der Waals surface area contributed by atoms with E-state index in [2.05, 4.69) is 13.6 Å². The van der Waals surface area contributed by atoms with Crippen LogP contribution >= 0.6 is 24.8 Å². The molecule has 0 aliphatic rings. The molecule has 3 atom stereocenters. The van der Waals surface area contributed by atoms with Crippen molar-refractivity contribution in [3.8, 4) is 17.2 Å². The summed E-state index contributed by atoms with van der Waals surface area (Å²) in [5.41, 5.74) is 0. The molecule has 31 heavy (non-hydrogen) atoms. The van der Waals surface area contributed by atoms with E-state index in [1.54, 1.807) is 91.0 Å². The number of hydrogen-bond donors (Lipinski definition) is 0. The summed E-state index contributed by atoms with van der Waals surface area (Å²) in [6.45, 7) is 0. The molecule has 0 amide bonds. The zero-order valence-electron chi connectivity index (χ0n) is 15.9. The number of benzene rings is 3. The molecule has 3 rings (SSSR count). The Morgan fingerprint density at radius 3 is 0.806 bits per heavy atom. The maximum atomic E-state index is 10.0. The van der Waals surface area contributed by atoms with Gasteiger partial charge in [-0.3, -0.25) is 13.7 Å².